The Morgan fingerprint density at radius 2 is 1.04 bits per heavy atom. The van der Waals surface area contributed by atoms with E-state index in [2.05, 4.69) is 58.4 Å². The summed E-state index contributed by atoms with van der Waals surface area (Å²) in [6.45, 7) is 0. The van der Waals surface area contributed by atoms with Crippen molar-refractivity contribution in [2.75, 3.05) is 0 Å². The van der Waals surface area contributed by atoms with E-state index in [1.165, 1.54) is 44.5 Å². The van der Waals surface area contributed by atoms with Crippen LogP contribution in [0.25, 0.3) is 0 Å². The number of hydrogen-bond donors (Lipinski definition) is 0. The summed E-state index contributed by atoms with van der Waals surface area (Å²) < 4.78 is 13.6. The molecular formula is C22H12BrClO2. The number of fused-ring (bicyclic) bond motifs is 16. The van der Waals surface area contributed by atoms with Crippen LogP contribution in [0.4, 0.5) is 0 Å². The van der Waals surface area contributed by atoms with Gasteiger partial charge in [0.25, 0.3) is 0 Å². The Kier molecular flexibility index (Phi) is 2.55. The van der Waals surface area contributed by atoms with Crippen LogP contribution in [0.5, 0.6) is 0 Å². The number of benzene rings is 3. The van der Waals surface area contributed by atoms with Crippen molar-refractivity contribution in [2.45, 2.75) is 24.4 Å². The molecule has 7 rings (SSSR count). The third-order valence-corrected chi connectivity index (χ3v) is 7.41. The normalized spacial score (nSPS) is 28.1. The summed E-state index contributed by atoms with van der Waals surface area (Å²) in [6, 6.07) is 17.3. The van der Waals surface area contributed by atoms with Crippen LogP contribution in [0.2, 0.25) is 5.02 Å². The largest absolute Gasteiger partial charge is 0.356 e. The van der Waals surface area contributed by atoms with Crippen molar-refractivity contribution < 1.29 is 9.47 Å². The molecule has 0 amide bonds. The molecule has 2 nitrogen and oxygen atoms in total. The van der Waals surface area contributed by atoms with Gasteiger partial charge in [-0.15, -0.1) is 0 Å². The highest BCUT2D eigenvalue weighted by molar-refractivity contribution is 9.10. The van der Waals surface area contributed by atoms with Gasteiger partial charge < -0.3 is 9.47 Å². The summed E-state index contributed by atoms with van der Waals surface area (Å²) in [5, 5.41) is 0.735. The zero-order valence-corrected chi connectivity index (χ0v) is 15.8. The summed E-state index contributed by atoms with van der Waals surface area (Å²) in [5.41, 5.74) is 10.2. The van der Waals surface area contributed by atoms with E-state index in [1.54, 1.807) is 0 Å². The van der Waals surface area contributed by atoms with Crippen LogP contribution in [-0.4, -0.2) is 0 Å². The van der Waals surface area contributed by atoms with Crippen molar-refractivity contribution in [3.63, 3.8) is 0 Å². The van der Waals surface area contributed by atoms with E-state index in [0.717, 1.165) is 9.50 Å². The second kappa shape index (κ2) is 4.60. The predicted octanol–water partition coefficient (Wildman–Crippen LogP) is 6.15. The van der Waals surface area contributed by atoms with Crippen LogP contribution in [-0.2, 0) is 9.47 Å². The molecule has 3 aromatic rings. The summed E-state index contributed by atoms with van der Waals surface area (Å²) in [4.78, 5) is 0. The summed E-state index contributed by atoms with van der Waals surface area (Å²) in [7, 11) is 0. The molecule has 0 N–H and O–H groups in total. The van der Waals surface area contributed by atoms with E-state index in [4.69, 9.17) is 21.1 Å². The monoisotopic (exact) mass is 422 g/mol. The van der Waals surface area contributed by atoms with Crippen molar-refractivity contribution in [1.82, 2.24) is 0 Å². The quantitative estimate of drug-likeness (QED) is 0.432. The van der Waals surface area contributed by atoms with Crippen LogP contribution in [0.1, 0.15) is 68.9 Å². The molecule has 4 bridgehead atoms. The molecule has 4 atom stereocenters. The smallest absolute Gasteiger partial charge is 0.110 e. The molecule has 3 aromatic carbocycles. The summed E-state index contributed by atoms with van der Waals surface area (Å²) in [6.07, 6.45) is 0.101. The van der Waals surface area contributed by atoms with E-state index in [0.29, 0.717) is 0 Å². The van der Waals surface area contributed by atoms with E-state index in [1.807, 2.05) is 6.07 Å². The van der Waals surface area contributed by atoms with Gasteiger partial charge >= 0.3 is 0 Å². The van der Waals surface area contributed by atoms with Crippen LogP contribution in [0, 0.1) is 0 Å². The van der Waals surface area contributed by atoms with E-state index in [-0.39, 0.29) is 24.4 Å². The second-order valence-electron chi connectivity index (χ2n) is 7.43. The molecule has 0 spiro atoms. The Bertz CT molecular complexity index is 1070. The second-order valence-corrected chi connectivity index (χ2v) is 8.69. The van der Waals surface area contributed by atoms with Gasteiger partial charge in [-0.05, 0) is 84.7 Å². The average molecular weight is 424 g/mol. The first-order valence-electron chi connectivity index (χ1n) is 8.77. The van der Waals surface area contributed by atoms with Crippen molar-refractivity contribution in [3.05, 3.63) is 103 Å². The van der Waals surface area contributed by atoms with Gasteiger partial charge in [-0.3, -0.25) is 0 Å². The molecule has 0 aromatic heterocycles. The first-order chi connectivity index (χ1) is 12.7. The van der Waals surface area contributed by atoms with E-state index in [9.17, 15) is 0 Å². The first kappa shape index (κ1) is 14.4. The van der Waals surface area contributed by atoms with Gasteiger partial charge in [-0.1, -0.05) is 35.9 Å². The Balaban J connectivity index is 1.43. The number of ether oxygens (including phenoxy) is 2. The molecule has 4 unspecified atom stereocenters. The molecule has 4 heteroatoms. The summed E-state index contributed by atoms with van der Waals surface area (Å²) >= 11 is 9.88. The minimum Gasteiger partial charge on any atom is -0.356 e. The fourth-order valence-corrected chi connectivity index (χ4v) is 5.66. The molecule has 0 saturated heterocycles. The van der Waals surface area contributed by atoms with Crippen molar-refractivity contribution in [3.8, 4) is 0 Å². The van der Waals surface area contributed by atoms with Gasteiger partial charge in [-0.25, -0.2) is 0 Å². The molecule has 4 aliphatic heterocycles. The number of halogens is 2. The third kappa shape index (κ3) is 1.54. The average Bonchev–Trinajstić information content (AvgIpc) is 3.38. The van der Waals surface area contributed by atoms with Crippen LogP contribution in [0.3, 0.4) is 0 Å². The fraction of sp³-hybridized carbons (Fsp3) is 0.182. The van der Waals surface area contributed by atoms with Crippen LogP contribution in [0.15, 0.2) is 53.0 Å². The molecule has 0 aliphatic carbocycles. The maximum absolute atomic E-state index is 6.35. The number of hydrogen-bond acceptors (Lipinski definition) is 2. The highest BCUT2D eigenvalue weighted by Crippen LogP contribution is 2.60. The topological polar surface area (TPSA) is 18.5 Å². The van der Waals surface area contributed by atoms with Crippen LogP contribution < -0.4 is 0 Å². The highest BCUT2D eigenvalue weighted by Gasteiger charge is 2.48. The molecule has 0 radical (unpaired) electrons. The Morgan fingerprint density at radius 3 is 1.58 bits per heavy atom. The Hall–Kier alpha value is -1.65. The third-order valence-electron chi connectivity index (χ3n) is 6.21. The lowest BCUT2D eigenvalue weighted by Gasteiger charge is -2.21. The first-order valence-corrected chi connectivity index (χ1v) is 9.94. The zero-order valence-electron chi connectivity index (χ0n) is 13.5. The molecule has 26 heavy (non-hydrogen) atoms. The SMILES string of the molecule is Clc1cc2c(cc1Br)C1OC2c2cc3c(cc21)C1OC3c2ccccc21. The lowest BCUT2D eigenvalue weighted by Crippen LogP contribution is -2.09. The minimum absolute atomic E-state index is 0.00163. The van der Waals surface area contributed by atoms with E-state index < -0.39 is 0 Å². The molecule has 4 aliphatic rings. The van der Waals surface area contributed by atoms with E-state index >= 15 is 0 Å². The van der Waals surface area contributed by atoms with Crippen molar-refractivity contribution >= 4 is 27.5 Å². The van der Waals surface area contributed by atoms with Gasteiger partial charge in [0.05, 0.1) is 5.02 Å². The van der Waals surface area contributed by atoms with Crippen molar-refractivity contribution in [2.24, 2.45) is 0 Å². The number of rotatable bonds is 0. The van der Waals surface area contributed by atoms with Gasteiger partial charge in [0.15, 0.2) is 0 Å². The molecule has 0 fully saturated rings. The zero-order chi connectivity index (χ0) is 17.2. The molecular weight excluding hydrogens is 412 g/mol. The Morgan fingerprint density at radius 1 is 0.615 bits per heavy atom. The maximum Gasteiger partial charge on any atom is 0.110 e. The standard InChI is InChI=1S/C22H12BrClO2/c23-17-7-15-16(8-18(17)24)22-14-6-12-11(5-13(14)21(15)26-22)19-9-3-1-2-4-10(9)20(12)25-19/h1-8,19-22H. The van der Waals surface area contributed by atoms with Crippen LogP contribution >= 0.6 is 27.5 Å². The minimum atomic E-state index is -0.0183. The maximum atomic E-state index is 6.35. The Labute approximate surface area is 163 Å². The molecule has 126 valence electrons. The van der Waals surface area contributed by atoms with Gasteiger partial charge in [0.2, 0.25) is 0 Å². The molecule has 4 heterocycles. The predicted molar refractivity (Wildman–Crippen MR) is 102 cm³/mol. The lowest BCUT2D eigenvalue weighted by atomic mass is 9.79. The van der Waals surface area contributed by atoms with Crippen molar-refractivity contribution in [1.29, 1.82) is 0 Å². The molecule has 0 saturated carbocycles. The summed E-state index contributed by atoms with van der Waals surface area (Å²) in [5.74, 6) is 0. The fourth-order valence-electron chi connectivity index (χ4n) is 5.13. The highest BCUT2D eigenvalue weighted by atomic mass is 79.9. The lowest BCUT2D eigenvalue weighted by molar-refractivity contribution is 0.0818. The van der Waals surface area contributed by atoms with Gasteiger partial charge in [0.1, 0.15) is 24.4 Å². The van der Waals surface area contributed by atoms with Gasteiger partial charge in [-0.2, -0.15) is 0 Å². The van der Waals surface area contributed by atoms with Gasteiger partial charge in [0, 0.05) is 4.47 Å².